The number of rotatable bonds is 2. The van der Waals surface area contributed by atoms with Gasteiger partial charge in [-0.15, -0.1) is 0 Å². The Kier molecular flexibility index (Phi) is 5.22. The van der Waals surface area contributed by atoms with Gasteiger partial charge in [-0.1, -0.05) is 30.3 Å². The van der Waals surface area contributed by atoms with Gasteiger partial charge in [0.1, 0.15) is 11.3 Å². The van der Waals surface area contributed by atoms with E-state index >= 15 is 0 Å². The highest BCUT2D eigenvalue weighted by atomic mass is 16.7. The summed E-state index contributed by atoms with van der Waals surface area (Å²) in [5.74, 6) is 0.976. The van der Waals surface area contributed by atoms with E-state index in [0.29, 0.717) is 0 Å². The van der Waals surface area contributed by atoms with E-state index in [4.69, 9.17) is 23.0 Å². The van der Waals surface area contributed by atoms with Crippen LogP contribution in [0.4, 0.5) is 0 Å². The van der Waals surface area contributed by atoms with Crippen molar-refractivity contribution in [2.24, 2.45) is 0 Å². The van der Waals surface area contributed by atoms with E-state index in [1.807, 2.05) is 0 Å². The summed E-state index contributed by atoms with van der Waals surface area (Å²) >= 11 is 0. The van der Waals surface area contributed by atoms with Crippen molar-refractivity contribution in [1.29, 1.82) is 0 Å². The zero-order chi connectivity index (χ0) is 25.7. The van der Waals surface area contributed by atoms with Gasteiger partial charge < -0.3 is 23.0 Å². The normalized spacial score (nSPS) is 23.6. The molecule has 2 saturated heterocycles. The van der Waals surface area contributed by atoms with E-state index < -0.39 is 0 Å². The molecule has 0 saturated carbocycles. The lowest BCUT2D eigenvalue weighted by Gasteiger charge is -2.32. The van der Waals surface area contributed by atoms with Gasteiger partial charge in [-0.25, -0.2) is 0 Å². The Hall–Kier alpha value is -2.05. The number of benzene rings is 2. The summed E-state index contributed by atoms with van der Waals surface area (Å²) < 4.78 is 31.7. The number of hydrogen-bond acceptors (Lipinski definition) is 5. The quantitative estimate of drug-likeness (QED) is 0.467. The molecule has 1 aromatic heterocycles. The Morgan fingerprint density at radius 1 is 0.639 bits per heavy atom. The average Bonchev–Trinajstić information content (AvgIpc) is 3.27. The Morgan fingerprint density at radius 3 is 1.75 bits per heavy atom. The molecule has 0 N–H and O–H groups in total. The second-order valence-electron chi connectivity index (χ2n) is 12.6. The molecule has 7 heteroatoms. The van der Waals surface area contributed by atoms with Crippen LogP contribution >= 0.6 is 0 Å². The molecule has 0 spiro atoms. The Labute approximate surface area is 215 Å². The predicted octanol–water partition coefficient (Wildman–Crippen LogP) is 5.19. The van der Waals surface area contributed by atoms with E-state index in [0.717, 1.165) is 52.5 Å². The summed E-state index contributed by atoms with van der Waals surface area (Å²) in [5.41, 5.74) is 5.27. The van der Waals surface area contributed by atoms with Gasteiger partial charge in [0.2, 0.25) is 0 Å². The fourth-order valence-electron chi connectivity index (χ4n) is 5.38. The lowest BCUT2D eigenvalue weighted by Crippen LogP contribution is -2.41. The van der Waals surface area contributed by atoms with E-state index in [2.05, 4.69) is 91.8 Å². The highest BCUT2D eigenvalue weighted by Gasteiger charge is 2.53. The van der Waals surface area contributed by atoms with Crippen molar-refractivity contribution in [1.82, 2.24) is 0 Å². The number of hydrogen-bond donors (Lipinski definition) is 0. The first-order valence-corrected chi connectivity index (χ1v) is 13.2. The van der Waals surface area contributed by atoms with Crippen LogP contribution in [0.15, 0.2) is 40.8 Å². The lowest BCUT2D eigenvalue weighted by molar-refractivity contribution is 0.00578. The maximum atomic E-state index is 6.48. The summed E-state index contributed by atoms with van der Waals surface area (Å²) in [4.78, 5) is 0. The van der Waals surface area contributed by atoms with Crippen molar-refractivity contribution in [2.75, 3.05) is 0 Å². The molecule has 3 heterocycles. The topological polar surface area (TPSA) is 50.1 Å². The Balaban J connectivity index is 1.36. The van der Waals surface area contributed by atoms with Crippen LogP contribution in [0.2, 0.25) is 0 Å². The molecule has 1 aliphatic carbocycles. The monoisotopic (exact) mass is 486 g/mol. The van der Waals surface area contributed by atoms with E-state index in [-0.39, 0.29) is 36.6 Å². The molecule has 0 atom stereocenters. The molecule has 3 aliphatic rings. The van der Waals surface area contributed by atoms with Gasteiger partial charge in [-0.2, -0.15) is 0 Å². The molecule has 3 aromatic rings. The molecule has 0 unspecified atom stereocenters. The summed E-state index contributed by atoms with van der Waals surface area (Å²) in [7, 11) is -0.744. The highest BCUT2D eigenvalue weighted by molar-refractivity contribution is 6.62. The van der Waals surface area contributed by atoms with Crippen molar-refractivity contribution in [3.05, 3.63) is 47.5 Å². The first-order chi connectivity index (χ1) is 16.8. The highest BCUT2D eigenvalue weighted by Crippen LogP contribution is 2.41. The van der Waals surface area contributed by atoms with Gasteiger partial charge in [0.05, 0.1) is 22.4 Å². The number of furan rings is 1. The van der Waals surface area contributed by atoms with Crippen LogP contribution in [-0.4, -0.2) is 36.6 Å². The zero-order valence-corrected chi connectivity index (χ0v) is 22.8. The summed E-state index contributed by atoms with van der Waals surface area (Å²) in [6.45, 7) is 16.7. The number of aryl methyl sites for hydroxylation is 2. The van der Waals surface area contributed by atoms with Crippen molar-refractivity contribution in [3.63, 3.8) is 0 Å². The second-order valence-corrected chi connectivity index (χ2v) is 12.6. The second kappa shape index (κ2) is 7.73. The van der Waals surface area contributed by atoms with E-state index in [1.165, 1.54) is 11.1 Å². The minimum atomic E-state index is -0.384. The third kappa shape index (κ3) is 3.62. The van der Waals surface area contributed by atoms with Crippen LogP contribution in [0.1, 0.15) is 72.9 Å². The molecule has 2 fully saturated rings. The first-order valence-electron chi connectivity index (χ1n) is 13.2. The van der Waals surface area contributed by atoms with Crippen LogP contribution in [-0.2, 0) is 31.5 Å². The zero-order valence-electron chi connectivity index (χ0n) is 22.8. The summed E-state index contributed by atoms with van der Waals surface area (Å²) in [5, 5.41) is 1.15. The SMILES string of the molecule is CC1(C)OB(c2ccc3c(c2)CCCc2c-3oc3ccc(B4OC(C)(C)C(C)(C)O4)cc23)OC1(C)C. The minimum Gasteiger partial charge on any atom is -0.456 e. The minimum absolute atomic E-state index is 0.356. The smallest absolute Gasteiger partial charge is 0.456 e. The van der Waals surface area contributed by atoms with Gasteiger partial charge in [-0.3, -0.25) is 0 Å². The van der Waals surface area contributed by atoms with Gasteiger partial charge in [0, 0.05) is 16.5 Å². The third-order valence-electron chi connectivity index (χ3n) is 9.11. The molecule has 188 valence electrons. The molecule has 6 rings (SSSR count). The summed E-state index contributed by atoms with van der Waals surface area (Å²) in [6, 6.07) is 12.9. The van der Waals surface area contributed by atoms with Gasteiger partial charge in [-0.05, 0) is 97.2 Å². The van der Waals surface area contributed by atoms with Gasteiger partial charge >= 0.3 is 14.2 Å². The van der Waals surface area contributed by atoms with Crippen molar-refractivity contribution in [2.45, 2.75) is 97.1 Å². The lowest BCUT2D eigenvalue weighted by atomic mass is 9.77. The van der Waals surface area contributed by atoms with Crippen LogP contribution in [0, 0.1) is 0 Å². The molecule has 0 radical (unpaired) electrons. The molecule has 5 nitrogen and oxygen atoms in total. The van der Waals surface area contributed by atoms with E-state index in [9.17, 15) is 0 Å². The van der Waals surface area contributed by atoms with Crippen molar-refractivity contribution >= 4 is 36.1 Å². The summed E-state index contributed by atoms with van der Waals surface area (Å²) in [6.07, 6.45) is 3.02. The maximum Gasteiger partial charge on any atom is 0.494 e. The molecule has 2 aromatic carbocycles. The molecular weight excluding hydrogens is 450 g/mol. The van der Waals surface area contributed by atoms with Crippen LogP contribution < -0.4 is 10.9 Å². The predicted molar refractivity (Wildman–Crippen MR) is 145 cm³/mol. The molecular formula is C29H36B2O5. The third-order valence-corrected chi connectivity index (χ3v) is 9.11. The standard InChI is InChI=1S/C29H36B2O5/c1-26(2)27(3,4)34-30(33-26)19-12-14-21-18(16-19)10-9-11-22-23-17-20(13-15-24(23)32-25(21)22)31-35-28(5,6)29(7,8)36-31/h12-17H,9-11H2,1-8H3. The first kappa shape index (κ1) is 24.3. The molecule has 0 amide bonds. The van der Waals surface area contributed by atoms with Crippen LogP contribution in [0.5, 0.6) is 0 Å². The Bertz CT molecular complexity index is 1320. The van der Waals surface area contributed by atoms with Crippen LogP contribution in [0.25, 0.3) is 22.3 Å². The Morgan fingerprint density at radius 2 is 1.17 bits per heavy atom. The number of fused-ring (bicyclic) bond motifs is 5. The fraction of sp³-hybridized carbons (Fsp3) is 0.517. The van der Waals surface area contributed by atoms with Crippen molar-refractivity contribution < 1.29 is 23.0 Å². The van der Waals surface area contributed by atoms with Gasteiger partial charge in [0.25, 0.3) is 0 Å². The average molecular weight is 486 g/mol. The largest absolute Gasteiger partial charge is 0.494 e. The van der Waals surface area contributed by atoms with Crippen molar-refractivity contribution in [3.8, 4) is 11.3 Å². The molecule has 36 heavy (non-hydrogen) atoms. The van der Waals surface area contributed by atoms with Gasteiger partial charge in [0.15, 0.2) is 0 Å². The van der Waals surface area contributed by atoms with Crippen LogP contribution in [0.3, 0.4) is 0 Å². The maximum absolute atomic E-state index is 6.48. The molecule has 2 aliphatic heterocycles. The van der Waals surface area contributed by atoms with E-state index in [1.54, 1.807) is 0 Å². The fourth-order valence-corrected chi connectivity index (χ4v) is 5.38. The molecule has 0 bridgehead atoms.